The highest BCUT2D eigenvalue weighted by Crippen LogP contribution is 2.31. The molecule has 4 nitrogen and oxygen atoms in total. The van der Waals surface area contributed by atoms with Gasteiger partial charge >= 0.3 is 11.9 Å². The lowest BCUT2D eigenvalue weighted by Gasteiger charge is -2.12. The number of rotatable bonds is 3. The van der Waals surface area contributed by atoms with E-state index in [-0.39, 0.29) is 11.9 Å². The van der Waals surface area contributed by atoms with E-state index in [0.29, 0.717) is 17.5 Å². The Morgan fingerprint density at radius 1 is 1.41 bits per heavy atom. The Balaban J connectivity index is 2.10. The van der Waals surface area contributed by atoms with E-state index >= 15 is 0 Å². The number of hydrogen-bond acceptors (Lipinski definition) is 4. The molecule has 4 heteroatoms. The first-order valence-electron chi connectivity index (χ1n) is 5.57. The summed E-state index contributed by atoms with van der Waals surface area (Å²) in [5, 5.41) is 0. The van der Waals surface area contributed by atoms with E-state index in [4.69, 9.17) is 9.47 Å². The van der Waals surface area contributed by atoms with Crippen LogP contribution >= 0.6 is 0 Å². The molecule has 90 valence electrons. The van der Waals surface area contributed by atoms with Crippen LogP contribution in [0, 0.1) is 5.92 Å². The lowest BCUT2D eigenvalue weighted by atomic mass is 10.1. The maximum absolute atomic E-state index is 11.5. The zero-order valence-corrected chi connectivity index (χ0v) is 9.80. The fourth-order valence-corrected chi connectivity index (χ4v) is 1.70. The molecule has 0 aliphatic carbocycles. The summed E-state index contributed by atoms with van der Waals surface area (Å²) >= 11 is 0. The number of carbonyl (C=O) groups is 2. The van der Waals surface area contributed by atoms with Crippen LogP contribution in [-0.2, 0) is 14.3 Å². The predicted molar refractivity (Wildman–Crippen MR) is 60.1 cm³/mol. The molecule has 1 heterocycles. The maximum Gasteiger partial charge on any atom is 0.342 e. The summed E-state index contributed by atoms with van der Waals surface area (Å²) in [5.41, 5.74) is 1.09. The third-order valence-corrected chi connectivity index (χ3v) is 2.46. The number of hydrogen-bond donors (Lipinski definition) is 0. The highest BCUT2D eigenvalue weighted by molar-refractivity contribution is 5.94. The van der Waals surface area contributed by atoms with Crippen LogP contribution in [-0.4, -0.2) is 11.9 Å². The Bertz CT molecular complexity index is 450. The largest absolute Gasteiger partial charge is 0.421 e. The van der Waals surface area contributed by atoms with Crippen molar-refractivity contribution in [1.82, 2.24) is 0 Å². The number of fused-ring (bicyclic) bond motifs is 1. The molecular weight excluding hydrogens is 220 g/mol. The van der Waals surface area contributed by atoms with Crippen molar-refractivity contribution in [2.24, 2.45) is 5.92 Å². The molecule has 1 aliphatic heterocycles. The molecule has 1 aliphatic rings. The summed E-state index contributed by atoms with van der Waals surface area (Å²) in [6.07, 6.45) is -0.569. The summed E-state index contributed by atoms with van der Waals surface area (Å²) in [6.45, 7) is 3.85. The Hall–Kier alpha value is -1.84. The fourth-order valence-electron chi connectivity index (χ4n) is 1.70. The van der Waals surface area contributed by atoms with Gasteiger partial charge in [-0.3, -0.25) is 4.79 Å². The molecule has 2 rings (SSSR count). The normalized spacial score (nSPS) is 17.8. The molecule has 0 N–H and O–H groups in total. The predicted octanol–water partition coefficient (Wildman–Crippen LogP) is 2.44. The van der Waals surface area contributed by atoms with Crippen molar-refractivity contribution in [3.63, 3.8) is 0 Å². The van der Waals surface area contributed by atoms with E-state index in [0.717, 1.165) is 0 Å². The highest BCUT2D eigenvalue weighted by atomic mass is 16.7. The van der Waals surface area contributed by atoms with Crippen LogP contribution in [0.15, 0.2) is 24.3 Å². The zero-order valence-electron chi connectivity index (χ0n) is 9.80. The van der Waals surface area contributed by atoms with Crippen LogP contribution in [0.1, 0.15) is 42.5 Å². The Labute approximate surface area is 99.5 Å². The van der Waals surface area contributed by atoms with Gasteiger partial charge in [0.05, 0.1) is 5.56 Å². The van der Waals surface area contributed by atoms with Crippen molar-refractivity contribution < 1.29 is 19.1 Å². The number of ether oxygens (including phenoxy) is 2. The van der Waals surface area contributed by atoms with Gasteiger partial charge in [0.1, 0.15) is 0 Å². The van der Waals surface area contributed by atoms with Crippen molar-refractivity contribution in [3.05, 3.63) is 35.4 Å². The molecule has 0 fully saturated rings. The van der Waals surface area contributed by atoms with Crippen molar-refractivity contribution >= 4 is 11.9 Å². The fraction of sp³-hybridized carbons (Fsp3) is 0.385. The second kappa shape index (κ2) is 4.57. The van der Waals surface area contributed by atoms with Crippen LogP contribution in [0.4, 0.5) is 0 Å². The van der Waals surface area contributed by atoms with Gasteiger partial charge in [-0.15, -0.1) is 0 Å². The zero-order chi connectivity index (χ0) is 12.4. The topological polar surface area (TPSA) is 52.6 Å². The first-order valence-corrected chi connectivity index (χ1v) is 5.57. The molecule has 1 aromatic rings. The SMILES string of the molecule is CC(C)CC(=O)OC1OC(=O)c2ccccc21. The Morgan fingerprint density at radius 2 is 2.12 bits per heavy atom. The highest BCUT2D eigenvalue weighted by Gasteiger charge is 2.33. The summed E-state index contributed by atoms with van der Waals surface area (Å²) in [6, 6.07) is 6.92. The molecule has 0 amide bonds. The second-order valence-corrected chi connectivity index (χ2v) is 4.41. The molecule has 1 aromatic carbocycles. The summed E-state index contributed by atoms with van der Waals surface area (Å²) in [5.74, 6) is -0.577. The number of benzene rings is 1. The van der Waals surface area contributed by atoms with E-state index in [9.17, 15) is 9.59 Å². The van der Waals surface area contributed by atoms with Crippen molar-refractivity contribution in [2.45, 2.75) is 26.6 Å². The van der Waals surface area contributed by atoms with E-state index in [1.54, 1.807) is 24.3 Å². The molecular formula is C13H14O4. The van der Waals surface area contributed by atoms with Gasteiger partial charge in [0.2, 0.25) is 0 Å². The van der Waals surface area contributed by atoms with E-state index in [1.807, 2.05) is 13.8 Å². The van der Waals surface area contributed by atoms with Gasteiger partial charge in [-0.05, 0) is 12.0 Å². The quantitative estimate of drug-likeness (QED) is 0.754. The van der Waals surface area contributed by atoms with Gasteiger partial charge in [0.15, 0.2) is 0 Å². The van der Waals surface area contributed by atoms with E-state index < -0.39 is 12.3 Å². The minimum absolute atomic E-state index is 0.217. The first kappa shape index (κ1) is 11.6. The molecule has 0 bridgehead atoms. The molecule has 0 saturated heterocycles. The van der Waals surface area contributed by atoms with Crippen molar-refractivity contribution in [1.29, 1.82) is 0 Å². The van der Waals surface area contributed by atoms with Crippen LogP contribution in [0.3, 0.4) is 0 Å². The molecule has 1 unspecified atom stereocenters. The third kappa shape index (κ3) is 2.46. The lowest BCUT2D eigenvalue weighted by molar-refractivity contribution is -0.168. The van der Waals surface area contributed by atoms with Crippen LogP contribution in [0.2, 0.25) is 0 Å². The van der Waals surface area contributed by atoms with Gasteiger partial charge in [-0.2, -0.15) is 0 Å². The van der Waals surface area contributed by atoms with Gasteiger partial charge in [-0.1, -0.05) is 32.0 Å². The standard InChI is InChI=1S/C13H14O4/c1-8(2)7-11(14)16-13-10-6-4-3-5-9(10)12(15)17-13/h3-6,8,13H,7H2,1-2H3. The first-order chi connectivity index (χ1) is 8.08. The third-order valence-electron chi connectivity index (χ3n) is 2.46. The average Bonchev–Trinajstić information content (AvgIpc) is 2.55. The van der Waals surface area contributed by atoms with E-state index in [2.05, 4.69) is 0 Å². The number of cyclic esters (lactones) is 1. The molecule has 0 spiro atoms. The molecule has 1 atom stereocenters. The monoisotopic (exact) mass is 234 g/mol. The van der Waals surface area contributed by atoms with Gasteiger partial charge in [0.25, 0.3) is 6.29 Å². The molecule has 0 saturated carbocycles. The summed E-state index contributed by atoms with van der Waals surface area (Å²) in [4.78, 5) is 23.0. The second-order valence-electron chi connectivity index (χ2n) is 4.41. The summed E-state index contributed by atoms with van der Waals surface area (Å²) in [7, 11) is 0. The van der Waals surface area contributed by atoms with Crippen LogP contribution in [0.5, 0.6) is 0 Å². The minimum atomic E-state index is -0.884. The van der Waals surface area contributed by atoms with E-state index in [1.165, 1.54) is 0 Å². The Morgan fingerprint density at radius 3 is 2.82 bits per heavy atom. The van der Waals surface area contributed by atoms with Crippen molar-refractivity contribution in [2.75, 3.05) is 0 Å². The molecule has 0 aromatic heterocycles. The number of carbonyl (C=O) groups excluding carboxylic acids is 2. The lowest BCUT2D eigenvalue weighted by Crippen LogP contribution is -2.13. The van der Waals surface area contributed by atoms with Crippen LogP contribution in [0.25, 0.3) is 0 Å². The molecule has 0 radical (unpaired) electrons. The Kier molecular flexibility index (Phi) is 3.13. The number of esters is 2. The molecule has 17 heavy (non-hydrogen) atoms. The average molecular weight is 234 g/mol. The van der Waals surface area contributed by atoms with Gasteiger partial charge in [-0.25, -0.2) is 4.79 Å². The van der Waals surface area contributed by atoms with Crippen LogP contribution < -0.4 is 0 Å². The van der Waals surface area contributed by atoms with Crippen molar-refractivity contribution in [3.8, 4) is 0 Å². The van der Waals surface area contributed by atoms with Gasteiger partial charge < -0.3 is 9.47 Å². The maximum atomic E-state index is 11.5. The smallest absolute Gasteiger partial charge is 0.342 e. The summed E-state index contributed by atoms with van der Waals surface area (Å²) < 4.78 is 10.1. The minimum Gasteiger partial charge on any atom is -0.421 e. The van der Waals surface area contributed by atoms with Gasteiger partial charge in [0, 0.05) is 12.0 Å².